The van der Waals surface area contributed by atoms with Gasteiger partial charge in [-0.15, -0.1) is 11.3 Å². The molecule has 4 rings (SSSR count). The molecule has 0 spiro atoms. The van der Waals surface area contributed by atoms with Crippen LogP contribution in [-0.4, -0.2) is 43.8 Å². The highest BCUT2D eigenvalue weighted by atomic mass is 32.1. The van der Waals surface area contributed by atoms with Crippen molar-refractivity contribution in [2.45, 2.75) is 25.7 Å². The number of likely N-dealkylation sites (tertiary alicyclic amines) is 1. The van der Waals surface area contributed by atoms with Crippen LogP contribution in [-0.2, 0) is 4.79 Å². The fourth-order valence-electron chi connectivity index (χ4n) is 3.42. The van der Waals surface area contributed by atoms with E-state index in [4.69, 9.17) is 0 Å². The van der Waals surface area contributed by atoms with Crippen LogP contribution in [0.5, 0.6) is 0 Å². The normalized spacial score (nSPS) is 16.9. The van der Waals surface area contributed by atoms with E-state index >= 15 is 0 Å². The quantitative estimate of drug-likeness (QED) is 0.649. The average molecular weight is 407 g/mol. The van der Waals surface area contributed by atoms with Gasteiger partial charge in [-0.3, -0.25) is 9.78 Å². The first-order valence-electron chi connectivity index (χ1n) is 9.57. The van der Waals surface area contributed by atoms with E-state index in [-0.39, 0.29) is 11.8 Å². The summed E-state index contributed by atoms with van der Waals surface area (Å²) in [5.74, 6) is 1.55. The van der Waals surface area contributed by atoms with Crippen LogP contribution in [0.15, 0.2) is 48.2 Å². The summed E-state index contributed by atoms with van der Waals surface area (Å²) in [6, 6.07) is 5.68. The number of hydrogen-bond donors (Lipinski definition) is 1. The highest BCUT2D eigenvalue weighted by molar-refractivity contribution is 7.09. The summed E-state index contributed by atoms with van der Waals surface area (Å²) < 4.78 is 0. The topological polar surface area (TPSA) is 83.9 Å². The Morgan fingerprint density at radius 3 is 2.93 bits per heavy atom. The molecule has 3 aromatic heterocycles. The molecule has 1 aliphatic heterocycles. The minimum absolute atomic E-state index is 0.00322. The average Bonchev–Trinajstić information content (AvgIpc) is 3.18. The second-order valence-electron chi connectivity index (χ2n) is 6.88. The molecule has 29 heavy (non-hydrogen) atoms. The van der Waals surface area contributed by atoms with Gasteiger partial charge in [-0.05, 0) is 38.0 Å². The van der Waals surface area contributed by atoms with E-state index in [0.717, 1.165) is 41.6 Å². The lowest BCUT2D eigenvalue weighted by Gasteiger charge is -2.32. The number of hydrogen-bond acceptors (Lipinski definition) is 7. The third-order valence-electron chi connectivity index (χ3n) is 4.79. The molecular weight excluding hydrogens is 384 g/mol. The number of carbonyl (C=O) groups excluding carboxylic acids is 1. The largest absolute Gasteiger partial charge is 0.338 e. The van der Waals surface area contributed by atoms with Crippen LogP contribution in [0.4, 0.5) is 11.6 Å². The van der Waals surface area contributed by atoms with Crippen LogP contribution in [0.25, 0.3) is 6.08 Å². The lowest BCUT2D eigenvalue weighted by atomic mass is 9.94. The van der Waals surface area contributed by atoms with Gasteiger partial charge in [0.1, 0.15) is 5.82 Å². The van der Waals surface area contributed by atoms with Crippen molar-refractivity contribution in [1.29, 1.82) is 0 Å². The molecule has 0 bridgehead atoms. The van der Waals surface area contributed by atoms with E-state index in [1.54, 1.807) is 42.1 Å². The highest BCUT2D eigenvalue weighted by Gasteiger charge is 2.27. The summed E-state index contributed by atoms with van der Waals surface area (Å²) in [6.07, 6.45) is 10.4. The second kappa shape index (κ2) is 8.91. The molecule has 4 heterocycles. The molecule has 0 unspecified atom stereocenters. The first-order chi connectivity index (χ1) is 14.2. The Morgan fingerprint density at radius 1 is 1.24 bits per heavy atom. The number of pyridine rings is 1. The van der Waals surface area contributed by atoms with Crippen molar-refractivity contribution in [3.05, 3.63) is 64.6 Å². The Balaban J connectivity index is 1.47. The van der Waals surface area contributed by atoms with Crippen molar-refractivity contribution in [3.8, 4) is 0 Å². The van der Waals surface area contributed by atoms with E-state index < -0.39 is 0 Å². The number of carbonyl (C=O) groups is 1. The zero-order valence-corrected chi connectivity index (χ0v) is 17.0. The van der Waals surface area contributed by atoms with Crippen LogP contribution < -0.4 is 5.32 Å². The number of anilines is 2. The minimum atomic E-state index is 0.00322. The number of piperidine rings is 1. The van der Waals surface area contributed by atoms with Gasteiger partial charge in [-0.25, -0.2) is 15.0 Å². The summed E-state index contributed by atoms with van der Waals surface area (Å²) in [5, 5.41) is 6.20. The predicted molar refractivity (Wildman–Crippen MR) is 114 cm³/mol. The van der Waals surface area contributed by atoms with Crippen LogP contribution in [0.1, 0.15) is 35.2 Å². The summed E-state index contributed by atoms with van der Waals surface area (Å²) in [7, 11) is 0. The van der Waals surface area contributed by atoms with E-state index in [0.29, 0.717) is 12.4 Å². The highest BCUT2D eigenvalue weighted by Crippen LogP contribution is 2.30. The molecule has 148 valence electrons. The molecule has 8 heteroatoms. The van der Waals surface area contributed by atoms with Crippen LogP contribution in [0, 0.1) is 6.92 Å². The number of thiazole rings is 1. The SMILES string of the molecule is Cc1nc(/C=C/C(=O)N2CCC[C@@H](c3nccnc3Nc3ccccn3)C2)cs1. The third kappa shape index (κ3) is 4.83. The van der Waals surface area contributed by atoms with E-state index in [1.165, 1.54) is 0 Å². The standard InChI is InChI=1S/C21H22N6OS/c1-15-25-17(14-29-15)7-8-19(28)27-12-4-5-16(13-27)20-21(24-11-10-23-20)26-18-6-2-3-9-22-18/h2-3,6-11,14,16H,4-5,12-13H2,1H3,(H,22,24,26)/b8-7+/t16-/m1/s1. The van der Waals surface area contributed by atoms with Crippen molar-refractivity contribution in [2.75, 3.05) is 18.4 Å². The van der Waals surface area contributed by atoms with Crippen molar-refractivity contribution in [1.82, 2.24) is 24.8 Å². The molecule has 0 radical (unpaired) electrons. The van der Waals surface area contributed by atoms with Crippen LogP contribution in [0.3, 0.4) is 0 Å². The third-order valence-corrected chi connectivity index (χ3v) is 5.58. The van der Waals surface area contributed by atoms with Gasteiger partial charge in [-0.2, -0.15) is 0 Å². The maximum absolute atomic E-state index is 12.7. The molecule has 1 fully saturated rings. The molecule has 0 saturated carbocycles. The van der Waals surface area contributed by atoms with Gasteiger partial charge in [0.25, 0.3) is 0 Å². The van der Waals surface area contributed by atoms with Crippen molar-refractivity contribution >= 4 is 35.0 Å². The maximum atomic E-state index is 12.7. The maximum Gasteiger partial charge on any atom is 0.246 e. The summed E-state index contributed by atoms with van der Waals surface area (Å²) in [4.78, 5) is 32.3. The molecule has 7 nitrogen and oxygen atoms in total. The molecule has 1 amide bonds. The fraction of sp³-hybridized carbons (Fsp3) is 0.286. The van der Waals surface area contributed by atoms with Crippen molar-refractivity contribution < 1.29 is 4.79 Å². The number of amides is 1. The number of aromatic nitrogens is 4. The molecule has 1 saturated heterocycles. The van der Waals surface area contributed by atoms with Gasteiger partial charge in [-0.1, -0.05) is 6.07 Å². The van der Waals surface area contributed by atoms with Gasteiger partial charge in [0.15, 0.2) is 5.82 Å². The fourth-order valence-corrected chi connectivity index (χ4v) is 4.00. The first kappa shape index (κ1) is 19.2. The first-order valence-corrected chi connectivity index (χ1v) is 10.4. The Hall–Kier alpha value is -3.13. The lowest BCUT2D eigenvalue weighted by Crippen LogP contribution is -2.38. The number of nitrogens with one attached hydrogen (secondary N) is 1. The molecule has 3 aromatic rings. The Bertz CT molecular complexity index is 1000. The van der Waals surface area contributed by atoms with Gasteiger partial charge < -0.3 is 10.2 Å². The monoisotopic (exact) mass is 406 g/mol. The molecule has 1 N–H and O–H groups in total. The summed E-state index contributed by atoms with van der Waals surface area (Å²) in [5.41, 5.74) is 1.69. The number of nitrogens with zero attached hydrogens (tertiary/aromatic N) is 5. The predicted octanol–water partition coefficient (Wildman–Crippen LogP) is 3.80. The molecular formula is C21H22N6OS. The van der Waals surface area contributed by atoms with E-state index in [1.807, 2.05) is 35.4 Å². The molecule has 0 aromatic carbocycles. The Kier molecular flexibility index (Phi) is 5.90. The van der Waals surface area contributed by atoms with Crippen molar-refractivity contribution in [2.24, 2.45) is 0 Å². The van der Waals surface area contributed by atoms with Crippen molar-refractivity contribution in [3.63, 3.8) is 0 Å². The lowest BCUT2D eigenvalue weighted by molar-refractivity contribution is -0.127. The summed E-state index contributed by atoms with van der Waals surface area (Å²) >= 11 is 1.58. The molecule has 1 aliphatic rings. The van der Waals surface area contributed by atoms with Gasteiger partial charge in [0.2, 0.25) is 5.91 Å². The van der Waals surface area contributed by atoms with Gasteiger partial charge in [0, 0.05) is 49.1 Å². The van der Waals surface area contributed by atoms with E-state index in [9.17, 15) is 4.79 Å². The molecule has 1 atom stereocenters. The zero-order valence-electron chi connectivity index (χ0n) is 16.2. The molecule has 0 aliphatic carbocycles. The van der Waals surface area contributed by atoms with Gasteiger partial charge >= 0.3 is 0 Å². The number of rotatable bonds is 5. The summed E-state index contributed by atoms with van der Waals surface area (Å²) in [6.45, 7) is 3.32. The Morgan fingerprint density at radius 2 is 2.14 bits per heavy atom. The van der Waals surface area contributed by atoms with Crippen LogP contribution >= 0.6 is 11.3 Å². The van der Waals surface area contributed by atoms with Gasteiger partial charge in [0.05, 0.1) is 16.4 Å². The van der Waals surface area contributed by atoms with E-state index in [2.05, 4.69) is 25.3 Å². The smallest absolute Gasteiger partial charge is 0.246 e. The van der Waals surface area contributed by atoms with Crippen LogP contribution in [0.2, 0.25) is 0 Å². The minimum Gasteiger partial charge on any atom is -0.338 e. The Labute approximate surface area is 173 Å². The zero-order chi connectivity index (χ0) is 20.1. The second-order valence-corrected chi connectivity index (χ2v) is 7.94. The number of aryl methyl sites for hydroxylation is 1.